The Balaban J connectivity index is 2.29. The van der Waals surface area contributed by atoms with E-state index in [0.29, 0.717) is 17.9 Å². The van der Waals surface area contributed by atoms with Crippen LogP contribution in [0, 0.1) is 16.7 Å². The molecule has 0 unspecified atom stereocenters. The maximum Gasteiger partial charge on any atom is 0.250 e. The van der Waals surface area contributed by atoms with Gasteiger partial charge in [-0.2, -0.15) is 5.26 Å². The second-order valence-corrected chi connectivity index (χ2v) is 5.60. The number of hydrogen-bond donors (Lipinski definition) is 1. The monoisotopic (exact) mass is 260 g/mol. The van der Waals surface area contributed by atoms with E-state index in [1.165, 1.54) is 0 Å². The molecule has 0 bridgehead atoms. The average Bonchev–Trinajstić information content (AvgIpc) is 2.34. The van der Waals surface area contributed by atoms with Crippen molar-refractivity contribution in [2.45, 2.75) is 27.2 Å². The summed E-state index contributed by atoms with van der Waals surface area (Å²) in [5.41, 5.74) is 1.45. The Hall–Kier alpha value is -1.86. The first-order chi connectivity index (χ1) is 8.90. The van der Waals surface area contributed by atoms with Crippen LogP contribution in [0.5, 0.6) is 0 Å². The van der Waals surface area contributed by atoms with Crippen LogP contribution >= 0.6 is 0 Å². The van der Waals surface area contributed by atoms with Crippen molar-refractivity contribution in [3.05, 3.63) is 29.8 Å². The third-order valence-corrected chi connectivity index (χ3v) is 2.53. The predicted molar refractivity (Wildman–Crippen MR) is 74.7 cm³/mol. The van der Waals surface area contributed by atoms with Crippen LogP contribution in [0.2, 0.25) is 0 Å². The van der Waals surface area contributed by atoms with E-state index in [4.69, 9.17) is 10.00 Å². The number of benzene rings is 1. The van der Waals surface area contributed by atoms with E-state index in [9.17, 15) is 4.79 Å². The van der Waals surface area contributed by atoms with Crippen LogP contribution in [0.4, 0.5) is 5.69 Å². The van der Waals surface area contributed by atoms with E-state index >= 15 is 0 Å². The SMILES string of the molecule is CC(C)(C)CCOCC(=O)Nc1ccc(C#N)cc1. The second-order valence-electron chi connectivity index (χ2n) is 5.60. The molecule has 0 fully saturated rings. The van der Waals surface area contributed by atoms with Gasteiger partial charge in [0.05, 0.1) is 11.6 Å². The number of nitriles is 1. The third-order valence-electron chi connectivity index (χ3n) is 2.53. The number of nitrogens with zero attached hydrogens (tertiary/aromatic N) is 1. The molecule has 1 N–H and O–H groups in total. The van der Waals surface area contributed by atoms with Gasteiger partial charge in [-0.15, -0.1) is 0 Å². The Morgan fingerprint density at radius 3 is 2.47 bits per heavy atom. The van der Waals surface area contributed by atoms with Gasteiger partial charge in [-0.25, -0.2) is 0 Å². The zero-order chi connectivity index (χ0) is 14.3. The molecule has 1 amide bonds. The fourth-order valence-corrected chi connectivity index (χ4v) is 1.37. The van der Waals surface area contributed by atoms with Crippen LogP contribution in [0.25, 0.3) is 0 Å². The topological polar surface area (TPSA) is 62.1 Å². The summed E-state index contributed by atoms with van der Waals surface area (Å²) < 4.78 is 5.32. The summed E-state index contributed by atoms with van der Waals surface area (Å²) >= 11 is 0. The molecule has 0 spiro atoms. The Morgan fingerprint density at radius 1 is 1.32 bits per heavy atom. The maximum absolute atomic E-state index is 11.6. The summed E-state index contributed by atoms with van der Waals surface area (Å²) in [6, 6.07) is 8.75. The first kappa shape index (κ1) is 15.2. The van der Waals surface area contributed by atoms with E-state index < -0.39 is 0 Å². The minimum absolute atomic E-state index is 0.0517. The van der Waals surface area contributed by atoms with Gasteiger partial charge in [-0.05, 0) is 36.1 Å². The maximum atomic E-state index is 11.6. The van der Waals surface area contributed by atoms with Crippen LogP contribution in [-0.2, 0) is 9.53 Å². The van der Waals surface area contributed by atoms with Gasteiger partial charge in [0.1, 0.15) is 6.61 Å². The van der Waals surface area contributed by atoms with Crippen molar-refractivity contribution in [2.24, 2.45) is 5.41 Å². The first-order valence-corrected chi connectivity index (χ1v) is 6.28. The van der Waals surface area contributed by atoms with E-state index in [2.05, 4.69) is 26.1 Å². The number of carbonyl (C=O) groups is 1. The van der Waals surface area contributed by atoms with Crippen molar-refractivity contribution in [3.8, 4) is 6.07 Å². The van der Waals surface area contributed by atoms with E-state index in [1.54, 1.807) is 24.3 Å². The lowest BCUT2D eigenvalue weighted by atomic mass is 9.93. The van der Waals surface area contributed by atoms with Gasteiger partial charge >= 0.3 is 0 Å². The number of nitrogens with one attached hydrogen (secondary N) is 1. The molecular weight excluding hydrogens is 240 g/mol. The van der Waals surface area contributed by atoms with Gasteiger partial charge in [0.2, 0.25) is 5.91 Å². The van der Waals surface area contributed by atoms with Gasteiger partial charge in [0, 0.05) is 12.3 Å². The minimum Gasteiger partial charge on any atom is -0.372 e. The number of ether oxygens (including phenoxy) is 1. The molecule has 0 aromatic heterocycles. The Morgan fingerprint density at radius 2 is 1.95 bits per heavy atom. The van der Waals surface area contributed by atoms with Crippen LogP contribution in [-0.4, -0.2) is 19.1 Å². The molecule has 0 heterocycles. The summed E-state index contributed by atoms with van der Waals surface area (Å²) in [6.45, 7) is 7.02. The molecule has 0 aliphatic carbocycles. The van der Waals surface area contributed by atoms with E-state index in [1.807, 2.05) is 6.07 Å². The summed E-state index contributed by atoms with van der Waals surface area (Å²) in [4.78, 5) is 11.6. The number of amides is 1. The molecule has 19 heavy (non-hydrogen) atoms. The van der Waals surface area contributed by atoms with Crippen molar-refractivity contribution in [1.82, 2.24) is 0 Å². The molecule has 0 saturated heterocycles. The van der Waals surface area contributed by atoms with Crippen LogP contribution in [0.15, 0.2) is 24.3 Å². The molecule has 0 aliphatic heterocycles. The number of carbonyl (C=O) groups excluding carboxylic acids is 1. The number of anilines is 1. The summed E-state index contributed by atoms with van der Waals surface area (Å²) in [6.07, 6.45) is 0.914. The van der Waals surface area contributed by atoms with Crippen LogP contribution in [0.3, 0.4) is 0 Å². The highest BCUT2D eigenvalue weighted by atomic mass is 16.5. The van der Waals surface area contributed by atoms with Gasteiger partial charge in [0.25, 0.3) is 0 Å². The molecular formula is C15H20N2O2. The smallest absolute Gasteiger partial charge is 0.250 e. The minimum atomic E-state index is -0.182. The third kappa shape index (κ3) is 6.58. The summed E-state index contributed by atoms with van der Waals surface area (Å²) in [7, 11) is 0. The lowest BCUT2D eigenvalue weighted by Crippen LogP contribution is -2.20. The molecule has 1 aromatic rings. The highest BCUT2D eigenvalue weighted by molar-refractivity contribution is 5.91. The number of hydrogen-bond acceptors (Lipinski definition) is 3. The predicted octanol–water partition coefficient (Wildman–Crippen LogP) is 2.95. The molecule has 0 aliphatic rings. The normalized spacial score (nSPS) is 10.8. The highest BCUT2D eigenvalue weighted by Crippen LogP contribution is 2.17. The lowest BCUT2D eigenvalue weighted by molar-refractivity contribution is -0.120. The zero-order valence-corrected chi connectivity index (χ0v) is 11.7. The summed E-state index contributed by atoms with van der Waals surface area (Å²) in [5, 5.41) is 11.4. The van der Waals surface area contributed by atoms with Crippen molar-refractivity contribution < 1.29 is 9.53 Å². The molecule has 0 saturated carbocycles. The lowest BCUT2D eigenvalue weighted by Gasteiger charge is -2.17. The number of rotatable bonds is 5. The highest BCUT2D eigenvalue weighted by Gasteiger charge is 2.10. The summed E-state index contributed by atoms with van der Waals surface area (Å²) in [5.74, 6) is -0.182. The van der Waals surface area contributed by atoms with Gasteiger partial charge in [0.15, 0.2) is 0 Å². The average molecular weight is 260 g/mol. The Labute approximate surface area is 114 Å². The van der Waals surface area contributed by atoms with E-state index in [-0.39, 0.29) is 17.9 Å². The van der Waals surface area contributed by atoms with Gasteiger partial charge in [-0.3, -0.25) is 4.79 Å². The first-order valence-electron chi connectivity index (χ1n) is 6.28. The van der Waals surface area contributed by atoms with Crippen LogP contribution < -0.4 is 5.32 Å². The van der Waals surface area contributed by atoms with Crippen molar-refractivity contribution >= 4 is 11.6 Å². The fourth-order valence-electron chi connectivity index (χ4n) is 1.37. The quantitative estimate of drug-likeness (QED) is 0.828. The van der Waals surface area contributed by atoms with E-state index in [0.717, 1.165) is 6.42 Å². The van der Waals surface area contributed by atoms with Crippen molar-refractivity contribution in [1.29, 1.82) is 5.26 Å². The molecule has 4 heteroatoms. The molecule has 0 radical (unpaired) electrons. The second kappa shape index (κ2) is 6.91. The molecule has 102 valence electrons. The van der Waals surface area contributed by atoms with Gasteiger partial charge < -0.3 is 10.1 Å². The van der Waals surface area contributed by atoms with Crippen molar-refractivity contribution in [3.63, 3.8) is 0 Å². The van der Waals surface area contributed by atoms with Gasteiger partial charge in [-0.1, -0.05) is 20.8 Å². The largest absolute Gasteiger partial charge is 0.372 e. The molecule has 0 atom stereocenters. The molecule has 1 rings (SSSR count). The Bertz CT molecular complexity index is 453. The zero-order valence-electron chi connectivity index (χ0n) is 11.7. The Kier molecular flexibility index (Phi) is 5.53. The fraction of sp³-hybridized carbons (Fsp3) is 0.467. The van der Waals surface area contributed by atoms with Crippen molar-refractivity contribution in [2.75, 3.05) is 18.5 Å². The molecule has 4 nitrogen and oxygen atoms in total. The van der Waals surface area contributed by atoms with Crippen LogP contribution in [0.1, 0.15) is 32.8 Å². The standard InChI is InChI=1S/C15H20N2O2/c1-15(2,3)8-9-19-11-14(18)17-13-6-4-12(10-16)5-7-13/h4-7H,8-9,11H2,1-3H3,(H,17,18). The molecule has 1 aromatic carbocycles.